The first-order valence-corrected chi connectivity index (χ1v) is 23.4. The number of fused-ring (bicyclic) bond motifs is 6. The van der Waals surface area contributed by atoms with Crippen molar-refractivity contribution in [3.05, 3.63) is 86.4 Å². The molecule has 0 radical (unpaired) electrons. The number of carbonyl (C=O) groups is 6. The van der Waals surface area contributed by atoms with E-state index in [9.17, 15) is 59.4 Å². The molecule has 6 aliphatic rings. The van der Waals surface area contributed by atoms with E-state index in [0.717, 1.165) is 36.1 Å². The number of carbonyl (C=O) groups excluding carboxylic acids is 6. The fourth-order valence-electron chi connectivity index (χ4n) is 11.6. The van der Waals surface area contributed by atoms with Gasteiger partial charge in [0.15, 0.2) is 22.8 Å². The highest BCUT2D eigenvalue weighted by Gasteiger charge is 2.66. The van der Waals surface area contributed by atoms with Crippen LogP contribution in [0, 0.1) is 23.7 Å². The number of amides is 2. The minimum Gasteiger partial charge on any atom is -0.508 e. The second-order valence-electron chi connectivity index (χ2n) is 19.6. The molecule has 0 saturated heterocycles. The molecule has 0 aliphatic heterocycles. The van der Waals surface area contributed by atoms with Crippen LogP contribution in [0.3, 0.4) is 0 Å². The van der Waals surface area contributed by atoms with E-state index < -0.39 is 105 Å². The van der Waals surface area contributed by atoms with Gasteiger partial charge in [0.05, 0.1) is 36.4 Å². The van der Waals surface area contributed by atoms with Crippen LogP contribution in [0.15, 0.2) is 64.1 Å². The first-order valence-electron chi connectivity index (χ1n) is 23.4. The summed E-state index contributed by atoms with van der Waals surface area (Å²) in [7, 11) is 10.1. The summed E-state index contributed by atoms with van der Waals surface area (Å²) in [6, 6.07) is 6.86. The number of anilines is 1. The van der Waals surface area contributed by atoms with Gasteiger partial charge < -0.3 is 56.5 Å². The Morgan fingerprint density at radius 1 is 0.657 bits per heavy atom. The summed E-state index contributed by atoms with van der Waals surface area (Å²) in [6.07, 6.45) is 3.45. The van der Waals surface area contributed by atoms with Crippen LogP contribution in [0.1, 0.15) is 68.2 Å². The van der Waals surface area contributed by atoms with Gasteiger partial charge in [-0.15, -0.1) is 0 Å². The molecule has 0 spiro atoms. The molecule has 2 amide bonds. The van der Waals surface area contributed by atoms with Crippen LogP contribution in [-0.2, 0) is 41.6 Å². The molecule has 0 unspecified atom stereocenters. The number of ether oxygens (including phenoxy) is 2. The molecule has 6 aliphatic carbocycles. The van der Waals surface area contributed by atoms with E-state index in [1.54, 1.807) is 40.3 Å². The number of nitrogens with two attached hydrogens (primary N) is 2. The molecule has 0 aromatic heterocycles. The highest BCUT2D eigenvalue weighted by molar-refractivity contribution is 6.25. The van der Waals surface area contributed by atoms with Crippen molar-refractivity contribution in [2.75, 3.05) is 60.4 Å². The van der Waals surface area contributed by atoms with E-state index in [-0.39, 0.29) is 35.5 Å². The van der Waals surface area contributed by atoms with Crippen molar-refractivity contribution in [1.82, 2.24) is 9.80 Å². The highest BCUT2D eigenvalue weighted by Crippen LogP contribution is 2.55. The van der Waals surface area contributed by atoms with Crippen LogP contribution in [0.25, 0.3) is 11.5 Å². The van der Waals surface area contributed by atoms with Gasteiger partial charge >= 0.3 is 0 Å². The molecule has 0 heterocycles. The molecule has 2 fully saturated rings. The van der Waals surface area contributed by atoms with E-state index in [1.165, 1.54) is 9.80 Å². The number of ketones is 4. The van der Waals surface area contributed by atoms with Gasteiger partial charge in [0.2, 0.25) is 11.6 Å². The molecule has 376 valence electrons. The predicted octanol–water partition coefficient (Wildman–Crippen LogP) is 2.55. The first-order chi connectivity index (χ1) is 32.9. The van der Waals surface area contributed by atoms with Gasteiger partial charge in [-0.1, -0.05) is 32.4 Å². The minimum absolute atomic E-state index is 0.0453. The number of aliphatic hydroxyl groups is 6. The molecule has 0 bridgehead atoms. The predicted molar refractivity (Wildman–Crippen MR) is 256 cm³/mol. The van der Waals surface area contributed by atoms with Crippen LogP contribution in [0.5, 0.6) is 11.5 Å². The van der Waals surface area contributed by atoms with Gasteiger partial charge in [0, 0.05) is 42.8 Å². The number of rotatable bonds is 12. The summed E-state index contributed by atoms with van der Waals surface area (Å²) in [5.41, 5.74) is 7.05. The smallest absolute Gasteiger partial charge is 0.255 e. The van der Waals surface area contributed by atoms with Crippen LogP contribution >= 0.6 is 0 Å². The number of aliphatic hydroxyl groups excluding tert-OH is 4. The lowest BCUT2D eigenvalue weighted by atomic mass is 9.57. The summed E-state index contributed by atoms with van der Waals surface area (Å²) >= 11 is 0. The van der Waals surface area contributed by atoms with E-state index in [4.69, 9.17) is 20.9 Å². The second-order valence-corrected chi connectivity index (χ2v) is 19.6. The molecule has 19 heteroatoms. The number of unbranched alkanes of at least 4 members (excludes halogenated alkanes) is 1. The van der Waals surface area contributed by atoms with Crippen LogP contribution in [-0.4, -0.2) is 154 Å². The first kappa shape index (κ1) is 51.3. The SMILES string of the molecule is CCCCOc1ccc(N(C)C)c2c1C(O)=C1C(=O)[C@]3(O)C(O)=C(C(N)=O)C(=O)[C@@H](N(C)C)[C@@H]3C[C@@H]1C2.CCCOc1cccc2c1C(O)=C1C(=O)[C@]3(O)C(O)=C(C(N)=O)C(=O)[C@@H](N(C)C)[C@@H]3C[C@@H]1C2. The largest absolute Gasteiger partial charge is 0.508 e. The van der Waals surface area contributed by atoms with Gasteiger partial charge in [-0.3, -0.25) is 38.6 Å². The number of benzene rings is 2. The maximum Gasteiger partial charge on any atom is 0.255 e. The Morgan fingerprint density at radius 3 is 1.59 bits per heavy atom. The maximum absolute atomic E-state index is 14.0. The average molecular weight is 970 g/mol. The van der Waals surface area contributed by atoms with Gasteiger partial charge in [-0.05, 0) is 108 Å². The topological polar surface area (TPSA) is 304 Å². The average Bonchev–Trinajstić information content (AvgIpc) is 3.27. The van der Waals surface area contributed by atoms with Crippen molar-refractivity contribution in [2.45, 2.75) is 82.1 Å². The Balaban J connectivity index is 0.000000208. The zero-order chi connectivity index (χ0) is 51.6. The molecule has 70 heavy (non-hydrogen) atoms. The van der Waals surface area contributed by atoms with Crippen molar-refractivity contribution < 1.29 is 68.9 Å². The minimum atomic E-state index is -2.59. The molecule has 8 rings (SSSR count). The van der Waals surface area contributed by atoms with Crippen molar-refractivity contribution in [2.24, 2.45) is 35.1 Å². The van der Waals surface area contributed by atoms with Crippen molar-refractivity contribution in [3.63, 3.8) is 0 Å². The summed E-state index contributed by atoms with van der Waals surface area (Å²) in [6.45, 7) is 4.82. The number of hydrogen-bond donors (Lipinski definition) is 8. The summed E-state index contributed by atoms with van der Waals surface area (Å²) in [5.74, 6) is -10.8. The lowest BCUT2D eigenvalue weighted by molar-refractivity contribution is -0.155. The standard InChI is InChI=1S/C27H35N3O7.C24H28N2O7/c1-6-7-10-37-17-9-8-16(29(2)3)14-11-13-12-15-21(30(4)5)23(32)20(26(28)35)25(34)27(15,36)24(33)18(13)22(31)19(14)17;1-4-8-33-14-7-5-6-11-9-12-10-13-18(26(2)3)20(28)17(23(25)31)22(30)24(13,32)21(29)16(12)19(27)15(11)14/h8-9,13,15,21,31,34,36H,6-7,10-12H2,1-5H3,(H2,28,35);5-7,12-13,18,27,30,32H,4,8-10H2,1-3H3,(H2,25,31)/t13-,15-,21-,27-;12-,13-,18-,24-/m00/s1. The summed E-state index contributed by atoms with van der Waals surface area (Å²) in [4.78, 5) is 83.0. The summed E-state index contributed by atoms with van der Waals surface area (Å²) in [5, 5.41) is 67.8. The Morgan fingerprint density at radius 2 is 1.13 bits per heavy atom. The molecular formula is C51H63N5O14. The lowest BCUT2D eigenvalue weighted by Crippen LogP contribution is -2.65. The monoisotopic (exact) mass is 969 g/mol. The van der Waals surface area contributed by atoms with E-state index >= 15 is 0 Å². The van der Waals surface area contributed by atoms with Gasteiger partial charge in [-0.2, -0.15) is 0 Å². The van der Waals surface area contributed by atoms with Gasteiger partial charge in [0.25, 0.3) is 11.8 Å². The van der Waals surface area contributed by atoms with E-state index in [0.29, 0.717) is 48.7 Å². The molecule has 2 aromatic rings. The molecule has 19 nitrogen and oxygen atoms in total. The molecule has 2 saturated carbocycles. The number of likely N-dealkylation sites (N-methyl/N-ethyl adjacent to an activating group) is 2. The zero-order valence-corrected chi connectivity index (χ0v) is 40.7. The summed E-state index contributed by atoms with van der Waals surface area (Å²) < 4.78 is 11.7. The number of hydrogen-bond acceptors (Lipinski definition) is 17. The fourth-order valence-corrected chi connectivity index (χ4v) is 11.6. The van der Waals surface area contributed by atoms with E-state index in [2.05, 4.69) is 0 Å². The van der Waals surface area contributed by atoms with Gasteiger partial charge in [0.1, 0.15) is 45.7 Å². The number of Topliss-reactive ketones (excluding diaryl/α,β-unsaturated/α-hetero) is 4. The normalized spacial score (nSPS) is 28.1. The van der Waals surface area contributed by atoms with Crippen molar-refractivity contribution >= 4 is 52.2 Å². The van der Waals surface area contributed by atoms with Crippen molar-refractivity contribution in [1.29, 1.82) is 0 Å². The Labute approximate surface area is 405 Å². The number of nitrogens with zero attached hydrogens (tertiary/aromatic N) is 3. The highest BCUT2D eigenvalue weighted by atomic mass is 16.5. The van der Waals surface area contributed by atoms with E-state index in [1.807, 2.05) is 51.0 Å². The maximum atomic E-state index is 14.0. The quantitative estimate of drug-likeness (QED) is 0.112. The molecular weight excluding hydrogens is 907 g/mol. The second kappa shape index (κ2) is 19.0. The third kappa shape index (κ3) is 7.82. The Hall–Kier alpha value is -6.54. The molecule has 2 aromatic carbocycles. The van der Waals surface area contributed by atoms with Crippen LogP contribution in [0.4, 0.5) is 5.69 Å². The lowest BCUT2D eigenvalue weighted by Gasteiger charge is -2.50. The zero-order valence-electron chi connectivity index (χ0n) is 40.7. The Bertz CT molecular complexity index is 2720. The van der Waals surface area contributed by atoms with Crippen LogP contribution < -0.4 is 25.8 Å². The molecule has 8 atom stereocenters. The third-order valence-corrected chi connectivity index (χ3v) is 14.7. The van der Waals surface area contributed by atoms with Gasteiger partial charge in [-0.25, -0.2) is 0 Å². The Kier molecular flexibility index (Phi) is 13.9. The number of primary amides is 2. The van der Waals surface area contributed by atoms with Crippen LogP contribution in [0.2, 0.25) is 0 Å². The fraction of sp³-hybridized carbons (Fsp3) is 0.490. The molecule has 10 N–H and O–H groups in total. The van der Waals surface area contributed by atoms with Crippen molar-refractivity contribution in [3.8, 4) is 11.5 Å². The third-order valence-electron chi connectivity index (χ3n) is 14.7.